The van der Waals surface area contributed by atoms with E-state index in [4.69, 9.17) is 4.74 Å². The summed E-state index contributed by atoms with van der Waals surface area (Å²) >= 11 is 0. The van der Waals surface area contributed by atoms with E-state index in [0.29, 0.717) is 0 Å². The van der Waals surface area contributed by atoms with Crippen LogP contribution >= 0.6 is 0 Å². The second kappa shape index (κ2) is 6.40. The van der Waals surface area contributed by atoms with Crippen LogP contribution in [0.15, 0.2) is 36.2 Å². The molecule has 0 saturated carbocycles. The largest absolute Gasteiger partial charge is 0.496 e. The van der Waals surface area contributed by atoms with Crippen LogP contribution in [-0.2, 0) is 4.74 Å². The van der Waals surface area contributed by atoms with Crippen LogP contribution in [0.3, 0.4) is 0 Å². The lowest BCUT2D eigenvalue weighted by Crippen LogP contribution is -2.27. The van der Waals surface area contributed by atoms with Gasteiger partial charge in [-0.25, -0.2) is 0 Å². The predicted octanol–water partition coefficient (Wildman–Crippen LogP) is 2.82. The summed E-state index contributed by atoms with van der Waals surface area (Å²) in [5.41, 5.74) is 1.04. The predicted molar refractivity (Wildman–Crippen MR) is 68.5 cm³/mol. The lowest BCUT2D eigenvalue weighted by Gasteiger charge is -2.24. The van der Waals surface area contributed by atoms with Crippen LogP contribution in [0.2, 0.25) is 0 Å². The molecule has 1 aromatic rings. The minimum absolute atomic E-state index is 0.108. The molecule has 0 fully saturated rings. The summed E-state index contributed by atoms with van der Waals surface area (Å²) in [6.45, 7) is 3.96. The Bertz CT molecular complexity index is 362. The van der Waals surface area contributed by atoms with Crippen LogP contribution in [-0.4, -0.2) is 18.1 Å². The summed E-state index contributed by atoms with van der Waals surface area (Å²) in [6, 6.07) is 6.12. The Hall–Kier alpha value is -1.35. The first-order valence-corrected chi connectivity index (χ1v) is 6.39. The molecule has 2 heterocycles. The first-order valence-electron chi connectivity index (χ1n) is 6.39. The highest BCUT2D eigenvalue weighted by Gasteiger charge is 2.19. The molecule has 0 aliphatic carbocycles. The van der Waals surface area contributed by atoms with Crippen molar-refractivity contribution in [2.24, 2.45) is 0 Å². The summed E-state index contributed by atoms with van der Waals surface area (Å²) in [5, 5.41) is 3.50. The quantitative estimate of drug-likeness (QED) is 0.847. The number of aromatic nitrogens is 1. The fraction of sp³-hybridized carbons (Fsp3) is 0.500. The molecule has 1 N–H and O–H groups in total. The zero-order valence-corrected chi connectivity index (χ0v) is 10.4. The number of nitrogens with one attached hydrogen (secondary N) is 1. The third-order valence-corrected chi connectivity index (χ3v) is 2.83. The fourth-order valence-electron chi connectivity index (χ4n) is 1.96. The number of rotatable bonds is 5. The van der Waals surface area contributed by atoms with Crippen molar-refractivity contribution in [2.45, 2.75) is 32.2 Å². The van der Waals surface area contributed by atoms with Crippen LogP contribution < -0.4 is 5.32 Å². The second-order valence-corrected chi connectivity index (χ2v) is 4.24. The van der Waals surface area contributed by atoms with E-state index in [0.717, 1.165) is 43.9 Å². The Morgan fingerprint density at radius 1 is 1.47 bits per heavy atom. The van der Waals surface area contributed by atoms with Gasteiger partial charge in [0.1, 0.15) is 11.8 Å². The average molecular weight is 232 g/mol. The average Bonchev–Trinajstić information content (AvgIpc) is 2.42. The van der Waals surface area contributed by atoms with Crippen LogP contribution in [0.5, 0.6) is 0 Å². The highest BCUT2D eigenvalue weighted by molar-refractivity contribution is 5.19. The second-order valence-electron chi connectivity index (χ2n) is 4.24. The number of nitrogens with zero attached hydrogens (tertiary/aromatic N) is 1. The number of pyridine rings is 1. The zero-order chi connectivity index (χ0) is 11.9. The van der Waals surface area contributed by atoms with E-state index < -0.39 is 0 Å². The van der Waals surface area contributed by atoms with Crippen molar-refractivity contribution in [1.29, 1.82) is 0 Å². The molecule has 1 unspecified atom stereocenters. The van der Waals surface area contributed by atoms with Gasteiger partial charge >= 0.3 is 0 Å². The molecule has 0 radical (unpaired) electrons. The molecule has 1 atom stereocenters. The van der Waals surface area contributed by atoms with E-state index in [1.165, 1.54) is 0 Å². The minimum Gasteiger partial charge on any atom is -0.496 e. The Labute approximate surface area is 103 Å². The van der Waals surface area contributed by atoms with E-state index in [2.05, 4.69) is 23.3 Å². The molecule has 0 spiro atoms. The van der Waals surface area contributed by atoms with Gasteiger partial charge in [-0.1, -0.05) is 13.0 Å². The Morgan fingerprint density at radius 3 is 3.06 bits per heavy atom. The van der Waals surface area contributed by atoms with Crippen LogP contribution in [0.25, 0.3) is 0 Å². The van der Waals surface area contributed by atoms with Crippen molar-refractivity contribution in [3.05, 3.63) is 41.9 Å². The molecule has 0 bridgehead atoms. The minimum atomic E-state index is 0.108. The standard InChI is InChI=1S/C14H20N2O/c1-2-9-16-14(12-7-3-5-10-15-12)13-8-4-6-11-17-13/h3,5,7-8,10,14,16H,2,4,6,9,11H2,1H3. The number of hydrogen-bond donors (Lipinski definition) is 1. The molecular formula is C14H20N2O. The van der Waals surface area contributed by atoms with Gasteiger partial charge in [0, 0.05) is 6.20 Å². The van der Waals surface area contributed by atoms with Crippen molar-refractivity contribution in [2.75, 3.05) is 13.2 Å². The van der Waals surface area contributed by atoms with Gasteiger partial charge in [-0.3, -0.25) is 4.98 Å². The number of ether oxygens (including phenoxy) is 1. The monoisotopic (exact) mass is 232 g/mol. The molecule has 3 heteroatoms. The summed E-state index contributed by atoms with van der Waals surface area (Å²) in [6.07, 6.45) is 7.35. The smallest absolute Gasteiger partial charge is 0.115 e. The van der Waals surface area contributed by atoms with Gasteiger partial charge in [0.15, 0.2) is 0 Å². The number of hydrogen-bond acceptors (Lipinski definition) is 3. The Morgan fingerprint density at radius 2 is 2.41 bits per heavy atom. The van der Waals surface area contributed by atoms with Crippen molar-refractivity contribution in [3.63, 3.8) is 0 Å². The van der Waals surface area contributed by atoms with E-state index in [9.17, 15) is 0 Å². The van der Waals surface area contributed by atoms with Crippen LogP contribution in [0.4, 0.5) is 0 Å². The Kier molecular flexibility index (Phi) is 4.56. The van der Waals surface area contributed by atoms with Crippen molar-refractivity contribution >= 4 is 0 Å². The zero-order valence-electron chi connectivity index (χ0n) is 10.4. The molecule has 17 heavy (non-hydrogen) atoms. The molecule has 2 rings (SSSR count). The Balaban J connectivity index is 2.15. The van der Waals surface area contributed by atoms with E-state index in [1.807, 2.05) is 24.4 Å². The third kappa shape index (κ3) is 3.30. The van der Waals surface area contributed by atoms with Crippen molar-refractivity contribution in [3.8, 4) is 0 Å². The molecule has 92 valence electrons. The van der Waals surface area contributed by atoms with Crippen LogP contribution in [0, 0.1) is 0 Å². The molecule has 0 aromatic carbocycles. The van der Waals surface area contributed by atoms with E-state index in [-0.39, 0.29) is 6.04 Å². The molecule has 1 aliphatic rings. The first kappa shape index (κ1) is 12.1. The van der Waals surface area contributed by atoms with E-state index >= 15 is 0 Å². The summed E-state index contributed by atoms with van der Waals surface area (Å²) in [7, 11) is 0. The molecule has 0 amide bonds. The third-order valence-electron chi connectivity index (χ3n) is 2.83. The van der Waals surface area contributed by atoms with Crippen molar-refractivity contribution < 1.29 is 4.74 Å². The van der Waals surface area contributed by atoms with Gasteiger partial charge in [-0.05, 0) is 44.0 Å². The highest BCUT2D eigenvalue weighted by atomic mass is 16.5. The molecular weight excluding hydrogens is 212 g/mol. The molecule has 1 aliphatic heterocycles. The summed E-state index contributed by atoms with van der Waals surface area (Å²) in [5.74, 6) is 1.03. The first-order chi connectivity index (χ1) is 8.42. The van der Waals surface area contributed by atoms with E-state index in [1.54, 1.807) is 0 Å². The van der Waals surface area contributed by atoms with Gasteiger partial charge in [0.05, 0.1) is 12.3 Å². The van der Waals surface area contributed by atoms with Gasteiger partial charge in [-0.2, -0.15) is 0 Å². The van der Waals surface area contributed by atoms with Gasteiger partial charge < -0.3 is 10.1 Å². The molecule has 3 nitrogen and oxygen atoms in total. The van der Waals surface area contributed by atoms with Gasteiger partial charge in [0.2, 0.25) is 0 Å². The molecule has 1 aromatic heterocycles. The topological polar surface area (TPSA) is 34.1 Å². The maximum atomic E-state index is 5.75. The van der Waals surface area contributed by atoms with Crippen molar-refractivity contribution in [1.82, 2.24) is 10.3 Å². The van der Waals surface area contributed by atoms with Crippen LogP contribution in [0.1, 0.15) is 37.9 Å². The maximum Gasteiger partial charge on any atom is 0.115 e. The normalized spacial score (nSPS) is 17.1. The maximum absolute atomic E-state index is 5.75. The summed E-state index contributed by atoms with van der Waals surface area (Å²) in [4.78, 5) is 4.42. The summed E-state index contributed by atoms with van der Waals surface area (Å²) < 4.78 is 5.75. The van der Waals surface area contributed by atoms with Gasteiger partial charge in [-0.15, -0.1) is 0 Å². The number of allylic oxidation sites excluding steroid dienone is 1. The molecule has 0 saturated heterocycles. The highest BCUT2D eigenvalue weighted by Crippen LogP contribution is 2.24. The SMILES string of the molecule is CCCNC(C1=CCCCO1)c1ccccn1. The lowest BCUT2D eigenvalue weighted by atomic mass is 10.1. The fourth-order valence-corrected chi connectivity index (χ4v) is 1.96. The van der Waals surface area contributed by atoms with Gasteiger partial charge in [0.25, 0.3) is 0 Å². The lowest BCUT2D eigenvalue weighted by molar-refractivity contribution is 0.167.